The molecule has 1 aliphatic carbocycles. The van der Waals surface area contributed by atoms with Gasteiger partial charge in [0.1, 0.15) is 23.7 Å². The lowest BCUT2D eigenvalue weighted by atomic mass is 9.83. The maximum atomic E-state index is 14.0. The lowest BCUT2D eigenvalue weighted by Gasteiger charge is -2.38. The SMILES string of the molecule is CCOC(=O)[C@@H]1[C@H]2CCC[C@H]2CN1C(=O)[C@@H](NC(=O)[C@@H](NC(=O)OC(C)(C)C)C(C)(C)C)C(C)(C)C. The first kappa shape index (κ1) is 29.9. The number of rotatable bonds is 6. The zero-order chi connectivity index (χ0) is 27.6. The minimum absolute atomic E-state index is 0.0838. The summed E-state index contributed by atoms with van der Waals surface area (Å²) in [7, 11) is 0. The van der Waals surface area contributed by atoms with Crippen LogP contribution in [0.5, 0.6) is 0 Å². The van der Waals surface area contributed by atoms with Gasteiger partial charge in [-0.2, -0.15) is 0 Å². The molecule has 5 atom stereocenters. The molecule has 0 spiro atoms. The number of nitrogens with zero attached hydrogens (tertiary/aromatic N) is 1. The Balaban J connectivity index is 2.30. The zero-order valence-electron chi connectivity index (χ0n) is 23.8. The Morgan fingerprint density at radius 2 is 1.47 bits per heavy atom. The number of hydrogen-bond acceptors (Lipinski definition) is 6. The van der Waals surface area contributed by atoms with E-state index in [0.29, 0.717) is 6.54 Å². The fourth-order valence-electron chi connectivity index (χ4n) is 5.20. The van der Waals surface area contributed by atoms with Gasteiger partial charge in [0.15, 0.2) is 0 Å². The molecule has 1 aliphatic heterocycles. The second-order valence-electron chi connectivity index (χ2n) is 13.3. The largest absolute Gasteiger partial charge is 0.464 e. The molecule has 0 aromatic rings. The lowest BCUT2D eigenvalue weighted by Crippen LogP contribution is -2.62. The van der Waals surface area contributed by atoms with Crippen molar-refractivity contribution in [3.05, 3.63) is 0 Å². The summed E-state index contributed by atoms with van der Waals surface area (Å²) in [4.78, 5) is 54.5. The van der Waals surface area contributed by atoms with Crippen molar-refractivity contribution < 1.29 is 28.7 Å². The summed E-state index contributed by atoms with van der Waals surface area (Å²) in [6.45, 7) is 18.9. The summed E-state index contributed by atoms with van der Waals surface area (Å²) >= 11 is 0. The standard InChI is InChI=1S/C27H47N3O6/c1-11-35-23(33)18-17-14-12-13-16(17)15-30(18)22(32)20(26(5,6)7)28-21(31)19(25(2,3)4)29-24(34)36-27(8,9)10/h16-20H,11-15H2,1-10H3,(H,28,31)(H,29,34)/t16-,17-,18-,19+,20+/m0/s1. The van der Waals surface area contributed by atoms with Gasteiger partial charge in [-0.25, -0.2) is 9.59 Å². The molecule has 1 saturated carbocycles. The van der Waals surface area contributed by atoms with Crippen LogP contribution in [0.4, 0.5) is 4.79 Å². The van der Waals surface area contributed by atoms with E-state index in [1.807, 2.05) is 41.5 Å². The van der Waals surface area contributed by atoms with E-state index in [-0.39, 0.29) is 30.3 Å². The van der Waals surface area contributed by atoms with E-state index in [1.54, 1.807) is 32.6 Å². The molecular formula is C27H47N3O6. The van der Waals surface area contributed by atoms with Gasteiger partial charge in [0, 0.05) is 6.54 Å². The number of fused-ring (bicyclic) bond motifs is 1. The molecule has 36 heavy (non-hydrogen) atoms. The topological polar surface area (TPSA) is 114 Å². The van der Waals surface area contributed by atoms with Crippen LogP contribution < -0.4 is 10.6 Å². The Morgan fingerprint density at radius 3 is 1.97 bits per heavy atom. The molecule has 0 aromatic carbocycles. The first-order chi connectivity index (χ1) is 16.4. The van der Waals surface area contributed by atoms with E-state index in [4.69, 9.17) is 9.47 Å². The predicted octanol–water partition coefficient (Wildman–Crippen LogP) is 3.65. The molecule has 2 aliphatic rings. The van der Waals surface area contributed by atoms with Crippen LogP contribution in [0.3, 0.4) is 0 Å². The third kappa shape index (κ3) is 7.35. The van der Waals surface area contributed by atoms with Crippen LogP contribution >= 0.6 is 0 Å². The molecule has 2 fully saturated rings. The zero-order valence-corrected chi connectivity index (χ0v) is 23.8. The fraction of sp³-hybridized carbons (Fsp3) is 0.852. The van der Waals surface area contributed by atoms with Gasteiger partial charge in [-0.05, 0) is 63.2 Å². The van der Waals surface area contributed by atoms with Gasteiger partial charge in [-0.15, -0.1) is 0 Å². The smallest absolute Gasteiger partial charge is 0.408 e. The van der Waals surface area contributed by atoms with Gasteiger partial charge in [-0.1, -0.05) is 48.0 Å². The molecule has 9 nitrogen and oxygen atoms in total. The van der Waals surface area contributed by atoms with Crippen molar-refractivity contribution in [2.75, 3.05) is 13.2 Å². The molecule has 0 aromatic heterocycles. The van der Waals surface area contributed by atoms with Gasteiger partial charge in [0.2, 0.25) is 11.8 Å². The molecule has 9 heteroatoms. The van der Waals surface area contributed by atoms with Crippen LogP contribution in [0.2, 0.25) is 0 Å². The fourth-order valence-corrected chi connectivity index (χ4v) is 5.20. The minimum Gasteiger partial charge on any atom is -0.464 e. The summed E-state index contributed by atoms with van der Waals surface area (Å²) in [5.74, 6) is -0.809. The van der Waals surface area contributed by atoms with Crippen LogP contribution in [0, 0.1) is 22.7 Å². The summed E-state index contributed by atoms with van der Waals surface area (Å²) < 4.78 is 10.7. The normalized spacial score (nSPS) is 23.9. The van der Waals surface area contributed by atoms with E-state index in [0.717, 1.165) is 19.3 Å². The first-order valence-corrected chi connectivity index (χ1v) is 13.1. The second kappa shape index (κ2) is 11.0. The van der Waals surface area contributed by atoms with Crippen LogP contribution in [-0.4, -0.2) is 65.7 Å². The van der Waals surface area contributed by atoms with Crippen LogP contribution in [0.15, 0.2) is 0 Å². The Bertz CT molecular complexity index is 836. The summed E-state index contributed by atoms with van der Waals surface area (Å²) in [5.41, 5.74) is -2.01. The van der Waals surface area contributed by atoms with Crippen LogP contribution in [-0.2, 0) is 23.9 Å². The number of carbonyl (C=O) groups is 4. The minimum atomic E-state index is -0.941. The Hall–Kier alpha value is -2.32. The third-order valence-electron chi connectivity index (χ3n) is 6.89. The Labute approximate surface area is 216 Å². The van der Waals surface area contributed by atoms with Crippen molar-refractivity contribution >= 4 is 23.9 Å². The molecule has 3 amide bonds. The maximum Gasteiger partial charge on any atom is 0.408 e. The van der Waals surface area contributed by atoms with Gasteiger partial charge in [-0.3, -0.25) is 9.59 Å². The summed E-state index contributed by atoms with van der Waals surface area (Å²) in [6, 6.07) is -2.47. The monoisotopic (exact) mass is 509 g/mol. The highest BCUT2D eigenvalue weighted by Gasteiger charge is 2.52. The number of hydrogen-bond donors (Lipinski definition) is 2. The van der Waals surface area contributed by atoms with E-state index < -0.39 is 46.6 Å². The van der Waals surface area contributed by atoms with Gasteiger partial charge in [0.25, 0.3) is 0 Å². The quantitative estimate of drug-likeness (QED) is 0.529. The highest BCUT2D eigenvalue weighted by Crippen LogP contribution is 2.43. The van der Waals surface area contributed by atoms with Crippen LogP contribution in [0.25, 0.3) is 0 Å². The molecule has 2 N–H and O–H groups in total. The van der Waals surface area contributed by atoms with Crippen molar-refractivity contribution in [1.29, 1.82) is 0 Å². The number of amides is 3. The molecular weight excluding hydrogens is 462 g/mol. The third-order valence-corrected chi connectivity index (χ3v) is 6.89. The Morgan fingerprint density at radius 1 is 0.889 bits per heavy atom. The van der Waals surface area contributed by atoms with E-state index in [2.05, 4.69) is 10.6 Å². The van der Waals surface area contributed by atoms with Crippen molar-refractivity contribution in [1.82, 2.24) is 15.5 Å². The number of alkyl carbamates (subject to hydrolysis) is 1. The van der Waals surface area contributed by atoms with Crippen molar-refractivity contribution in [3.8, 4) is 0 Å². The van der Waals surface area contributed by atoms with Gasteiger partial charge in [0.05, 0.1) is 6.61 Å². The van der Waals surface area contributed by atoms with E-state index in [9.17, 15) is 19.2 Å². The van der Waals surface area contributed by atoms with Crippen molar-refractivity contribution in [3.63, 3.8) is 0 Å². The average molecular weight is 510 g/mol. The van der Waals surface area contributed by atoms with Crippen LogP contribution in [0.1, 0.15) is 88.5 Å². The van der Waals surface area contributed by atoms with Gasteiger partial charge < -0.3 is 25.0 Å². The number of nitrogens with one attached hydrogen (secondary N) is 2. The summed E-state index contributed by atoms with van der Waals surface area (Å²) in [6.07, 6.45) is 2.20. The maximum absolute atomic E-state index is 14.0. The number of likely N-dealkylation sites (tertiary alicyclic amines) is 1. The van der Waals surface area contributed by atoms with E-state index >= 15 is 0 Å². The average Bonchev–Trinajstić information content (AvgIpc) is 3.27. The highest BCUT2D eigenvalue weighted by molar-refractivity contribution is 5.94. The van der Waals surface area contributed by atoms with Crippen molar-refractivity contribution in [2.24, 2.45) is 22.7 Å². The summed E-state index contributed by atoms with van der Waals surface area (Å²) in [5, 5.41) is 5.60. The molecule has 0 bridgehead atoms. The van der Waals surface area contributed by atoms with Crippen molar-refractivity contribution in [2.45, 2.75) is 112 Å². The number of carbonyl (C=O) groups excluding carboxylic acids is 4. The molecule has 1 heterocycles. The predicted molar refractivity (Wildman–Crippen MR) is 137 cm³/mol. The molecule has 0 radical (unpaired) electrons. The number of ether oxygens (including phenoxy) is 2. The number of esters is 1. The molecule has 206 valence electrons. The second-order valence-corrected chi connectivity index (χ2v) is 13.3. The molecule has 2 rings (SSSR count). The molecule has 1 saturated heterocycles. The first-order valence-electron chi connectivity index (χ1n) is 13.1. The van der Waals surface area contributed by atoms with E-state index in [1.165, 1.54) is 0 Å². The Kier molecular flexibility index (Phi) is 9.11. The van der Waals surface area contributed by atoms with Gasteiger partial charge >= 0.3 is 12.1 Å². The molecule has 0 unspecified atom stereocenters. The highest BCUT2D eigenvalue weighted by atomic mass is 16.6. The lowest BCUT2D eigenvalue weighted by molar-refractivity contribution is -0.156.